The number of nitrogens with one attached hydrogen (secondary N) is 3. The normalized spacial score (nSPS) is 15.1. The van der Waals surface area contributed by atoms with E-state index in [9.17, 15) is 24.0 Å². The van der Waals surface area contributed by atoms with E-state index in [-0.39, 0.29) is 39.9 Å². The van der Waals surface area contributed by atoms with Gasteiger partial charge in [-0.2, -0.15) is 25.5 Å². The molecule has 3 aromatic carbocycles. The van der Waals surface area contributed by atoms with Gasteiger partial charge in [-0.15, -0.1) is 0 Å². The highest BCUT2D eigenvalue weighted by molar-refractivity contribution is 5.89. The van der Waals surface area contributed by atoms with Gasteiger partial charge in [0.25, 0.3) is 27.8 Å². The van der Waals surface area contributed by atoms with Gasteiger partial charge in [0.1, 0.15) is 39.6 Å². The van der Waals surface area contributed by atoms with Crippen molar-refractivity contribution in [3.63, 3.8) is 0 Å². The maximum absolute atomic E-state index is 12.9. The Hall–Kier alpha value is -16.1. The second-order valence-electron chi connectivity index (χ2n) is 38.0. The van der Waals surface area contributed by atoms with Gasteiger partial charge >= 0.3 is 0 Å². The van der Waals surface area contributed by atoms with Crippen molar-refractivity contribution in [1.29, 1.82) is 0 Å². The van der Waals surface area contributed by atoms with Crippen LogP contribution in [0.4, 0.5) is 17.1 Å². The van der Waals surface area contributed by atoms with E-state index in [1.165, 1.54) is 16.0 Å². The first-order valence-electron chi connectivity index (χ1n) is 48.7. The van der Waals surface area contributed by atoms with Crippen LogP contribution >= 0.6 is 0 Å². The molecule has 35 heteroatoms. The molecule has 21 heterocycles. The second-order valence-corrected chi connectivity index (χ2v) is 38.0. The summed E-state index contributed by atoms with van der Waals surface area (Å²) in [5.74, 6) is 6.21. The first-order chi connectivity index (χ1) is 69.0. The van der Waals surface area contributed by atoms with Crippen LogP contribution in [0.3, 0.4) is 0 Å². The third-order valence-electron chi connectivity index (χ3n) is 27.0. The van der Waals surface area contributed by atoms with E-state index in [0.29, 0.717) is 85.6 Å². The van der Waals surface area contributed by atoms with Crippen molar-refractivity contribution in [2.24, 2.45) is 32.6 Å². The minimum absolute atomic E-state index is 0.0419. The van der Waals surface area contributed by atoms with Crippen molar-refractivity contribution < 1.29 is 0 Å². The van der Waals surface area contributed by atoms with Crippen molar-refractivity contribution in [2.45, 2.75) is 118 Å². The van der Waals surface area contributed by atoms with E-state index in [4.69, 9.17) is 31.4 Å². The number of anilines is 3. The number of aromatic nitrogens is 22. The van der Waals surface area contributed by atoms with Crippen LogP contribution in [-0.4, -0.2) is 196 Å². The topological polar surface area (TPSA) is 384 Å². The molecule has 0 spiro atoms. The number of hydrogen-bond acceptors (Lipinski definition) is 25. The number of piperidine rings is 2. The molecule has 0 amide bonds. The molecule has 4 aliphatic rings. The average molecular weight is 1910 g/mol. The first kappa shape index (κ1) is 94.5. The third kappa shape index (κ3) is 20.0. The summed E-state index contributed by atoms with van der Waals surface area (Å²) >= 11 is 0. The molecular formula is C108H114N30O5. The number of hydrogen-bond donors (Lipinski definition) is 5. The molecule has 0 bridgehead atoms. The molecule has 17 aromatic heterocycles. The maximum Gasteiger partial charge on any atom is 0.258 e. The monoisotopic (exact) mass is 1910 g/mol. The van der Waals surface area contributed by atoms with Crippen LogP contribution in [0.1, 0.15) is 110 Å². The number of fused-ring (bicyclic) bond motifs is 10. The van der Waals surface area contributed by atoms with Crippen molar-refractivity contribution >= 4 is 89.0 Å². The van der Waals surface area contributed by atoms with Gasteiger partial charge in [-0.25, -0.2) is 34.0 Å². The molecule has 24 rings (SSSR count). The summed E-state index contributed by atoms with van der Waals surface area (Å²) in [6.45, 7) is 29.1. The Bertz CT molecular complexity index is 8560. The van der Waals surface area contributed by atoms with Gasteiger partial charge in [-0.3, -0.25) is 70.0 Å². The Labute approximate surface area is 822 Å². The Kier molecular flexibility index (Phi) is 26.1. The van der Waals surface area contributed by atoms with E-state index in [0.717, 1.165) is 227 Å². The smallest absolute Gasteiger partial charge is 0.258 e. The number of nitrogens with two attached hydrogens (primary N) is 2. The number of nitrogens with zero attached hydrogens (tertiary/aromatic N) is 25. The van der Waals surface area contributed by atoms with Gasteiger partial charge in [0.2, 0.25) is 0 Å². The van der Waals surface area contributed by atoms with Crippen LogP contribution < -0.4 is 69.9 Å². The molecule has 0 saturated carbocycles. The molecule has 4 saturated heterocycles. The lowest BCUT2D eigenvalue weighted by Gasteiger charge is -2.38. The SMILES string of the molecule is CCc1nc(C)cn2nc(-c3cc(=O)n4cc(C#CCN)ccc4n3)cc12.CCc1nc(C)cn2nc(-c3cc(=O)n4cc(N5CCC(C)(N)CC5)ccc4n3)cc12.Cc1cc(-c2cc(=O)n3cc(C4CCNCC4)ccc3n2)cc2cn(C)nc12.Cc1cc(-c2cc(=O)n3cc(N4CCNCC4)ccc3n2)cc2cn(C)nc12.Cc1cc(-c2cc(=O)n3cc(N4CCN[C@H](C)C4)ccc3n2)cc2cn(C)nc12. The molecule has 1 atom stereocenters. The number of benzene rings is 3. The number of piperazine rings is 2. The van der Waals surface area contributed by atoms with Crippen LogP contribution in [-0.2, 0) is 34.0 Å². The predicted octanol–water partition coefficient (Wildman–Crippen LogP) is 11.5. The zero-order chi connectivity index (χ0) is 99.3. The highest BCUT2D eigenvalue weighted by Crippen LogP contribution is 2.34. The van der Waals surface area contributed by atoms with Crippen molar-refractivity contribution in [1.82, 2.24) is 121 Å². The van der Waals surface area contributed by atoms with E-state index in [2.05, 4.69) is 135 Å². The Morgan fingerprint density at radius 1 is 0.399 bits per heavy atom. The summed E-state index contributed by atoms with van der Waals surface area (Å²) in [5, 5.41) is 36.1. The fourth-order valence-electron chi connectivity index (χ4n) is 19.6. The lowest BCUT2D eigenvalue weighted by Crippen LogP contribution is -2.49. The zero-order valence-electron chi connectivity index (χ0n) is 82.3. The van der Waals surface area contributed by atoms with Gasteiger partial charge < -0.3 is 42.1 Å². The predicted molar refractivity (Wildman–Crippen MR) is 562 cm³/mol. The van der Waals surface area contributed by atoms with Crippen LogP contribution in [0.5, 0.6) is 0 Å². The largest absolute Gasteiger partial charge is 0.370 e. The standard InChI is InChI=1S/C23H27N7O.C22H24N6O.C22H23N5O.C21H22N6O.C20H18N6O/c1-4-17-20-11-19(27-30(20)13-15(2)25-17)18-12-22(31)29-14-16(5-6-21(29)26-18)28-9-7-23(3,24)8-10-28;1-14-8-16(9-17-12-26(3)25-22(14)17)19-10-21(29)28-13-18(4-5-20(28)24-19)27-7-6-23-15(2)11-27;1-14-9-17(10-18-12-26(2)25-22(14)18)19-11-21(28)27-13-16(3-4-20(27)24-19)15-5-7-23-8-6-15;1-14-9-15(10-16-12-25(2)24-21(14)16)18-11-20(28)27-13-17(3-4-19(27)23-18)26-7-5-22-6-8-26;1-3-15-18-9-17(24-26(18)11-13(2)22-15)16-10-20(27)25-12-14(5-4-8-21)6-7-19(25)23-16/h5-6,11-14H,4,7-10,24H2,1-3H3;4-5,8-10,12-13,15,23H,6-7,11H2,1-3H3;3-4,9-13,15,23H,5-8H2,1-2H3;3-4,9-13,22H,5-8H2,1-2H3;6-7,9-12H,3,8,21H2,1-2H3/t;15-;;;/m.1.../s1. The summed E-state index contributed by atoms with van der Waals surface area (Å²) < 4.78 is 17.1. The molecule has 0 aliphatic carbocycles. The first-order valence-corrected chi connectivity index (χ1v) is 48.7. The van der Waals surface area contributed by atoms with Gasteiger partial charge in [-0.05, 0) is 231 Å². The van der Waals surface area contributed by atoms with Gasteiger partial charge in [0.15, 0.2) is 0 Å². The fourth-order valence-corrected chi connectivity index (χ4v) is 19.6. The van der Waals surface area contributed by atoms with E-state index < -0.39 is 0 Å². The molecule has 7 N–H and O–H groups in total. The second kappa shape index (κ2) is 39.5. The zero-order valence-corrected chi connectivity index (χ0v) is 82.3. The number of pyridine rings is 5. The minimum Gasteiger partial charge on any atom is -0.370 e. The fraction of sp³-hybridized carbons (Fsp3) is 0.306. The van der Waals surface area contributed by atoms with Gasteiger partial charge in [0.05, 0.1) is 115 Å². The quantitative estimate of drug-likeness (QED) is 0.0751. The summed E-state index contributed by atoms with van der Waals surface area (Å²) in [5.41, 5.74) is 38.3. The van der Waals surface area contributed by atoms with Crippen LogP contribution in [0.25, 0.3) is 129 Å². The summed E-state index contributed by atoms with van der Waals surface area (Å²) in [4.78, 5) is 104. The third-order valence-corrected chi connectivity index (χ3v) is 27.0. The number of aryl methyl sites for hydroxylation is 10. The molecule has 143 heavy (non-hydrogen) atoms. The Morgan fingerprint density at radius 2 is 0.776 bits per heavy atom. The molecule has 726 valence electrons. The summed E-state index contributed by atoms with van der Waals surface area (Å²) in [7, 11) is 5.74. The molecule has 0 radical (unpaired) electrons. The molecular weight excluding hydrogens is 1800 g/mol. The maximum atomic E-state index is 12.9. The Morgan fingerprint density at radius 3 is 1.20 bits per heavy atom. The lowest BCUT2D eigenvalue weighted by atomic mass is 9.91. The average Bonchev–Trinajstić information content (AvgIpc) is 1.61. The van der Waals surface area contributed by atoms with Crippen molar-refractivity contribution in [3.8, 4) is 68.4 Å². The van der Waals surface area contributed by atoms with E-state index in [1.54, 1.807) is 58.6 Å². The van der Waals surface area contributed by atoms with E-state index in [1.807, 2.05) is 209 Å². The van der Waals surface area contributed by atoms with Crippen molar-refractivity contribution in [3.05, 3.63) is 304 Å². The molecule has 0 unspecified atom stereocenters. The van der Waals surface area contributed by atoms with Crippen molar-refractivity contribution in [2.75, 3.05) is 93.2 Å². The summed E-state index contributed by atoms with van der Waals surface area (Å²) in [6, 6.07) is 44.1. The van der Waals surface area contributed by atoms with Crippen LogP contribution in [0.15, 0.2) is 225 Å². The molecule has 20 aromatic rings. The number of rotatable bonds is 11. The Balaban J connectivity index is 0.000000109. The highest BCUT2D eigenvalue weighted by atomic mass is 16.1. The van der Waals surface area contributed by atoms with E-state index >= 15 is 0 Å². The van der Waals surface area contributed by atoms with Gasteiger partial charge in [0, 0.05) is 210 Å². The summed E-state index contributed by atoms with van der Waals surface area (Å²) in [6.07, 6.45) is 24.7. The lowest BCUT2D eigenvalue weighted by molar-refractivity contribution is 0.364. The molecule has 4 aliphatic heterocycles. The van der Waals surface area contributed by atoms with Crippen LogP contribution in [0, 0.1) is 46.5 Å². The van der Waals surface area contributed by atoms with Crippen LogP contribution in [0.2, 0.25) is 0 Å². The van der Waals surface area contributed by atoms with Gasteiger partial charge in [-0.1, -0.05) is 31.8 Å². The minimum atomic E-state index is -0.187. The molecule has 4 fully saturated rings. The molecule has 35 nitrogen and oxygen atoms in total. The highest BCUT2D eigenvalue weighted by Gasteiger charge is 2.28.